The van der Waals surface area contributed by atoms with Crippen molar-refractivity contribution >= 4 is 5.95 Å². The molecule has 2 aromatic rings. The van der Waals surface area contributed by atoms with Crippen LogP contribution in [-0.2, 0) is 11.8 Å². The fraction of sp³-hybridized carbons (Fsp3) is 0.500. The van der Waals surface area contributed by atoms with E-state index < -0.39 is 0 Å². The minimum Gasteiger partial charge on any atom is -0.381 e. The van der Waals surface area contributed by atoms with Crippen LogP contribution in [0.5, 0.6) is 0 Å². The van der Waals surface area contributed by atoms with E-state index >= 15 is 0 Å². The molecule has 1 aliphatic heterocycles. The monoisotopic (exact) mass is 273 g/mol. The lowest BCUT2D eigenvalue weighted by Crippen LogP contribution is -2.38. The highest BCUT2D eigenvalue weighted by Gasteiger charge is 2.23. The summed E-state index contributed by atoms with van der Waals surface area (Å²) in [4.78, 5) is 6.59. The summed E-state index contributed by atoms with van der Waals surface area (Å²) >= 11 is 0. The van der Waals surface area contributed by atoms with Crippen LogP contribution in [0.4, 0.5) is 5.95 Å². The second kappa shape index (κ2) is 5.58. The quantitative estimate of drug-likeness (QED) is 0.848. The third-order valence-corrected chi connectivity index (χ3v) is 3.80. The van der Waals surface area contributed by atoms with Crippen molar-refractivity contribution in [2.45, 2.75) is 18.9 Å². The summed E-state index contributed by atoms with van der Waals surface area (Å²) in [5.74, 6) is 1.70. The Bertz CT molecular complexity index is 560. The highest BCUT2D eigenvalue weighted by molar-refractivity contribution is 5.52. The lowest BCUT2D eigenvalue weighted by molar-refractivity contribution is 0.0815. The summed E-state index contributed by atoms with van der Waals surface area (Å²) in [5.41, 5.74) is 0.848. The Morgan fingerprint density at radius 1 is 1.20 bits per heavy atom. The van der Waals surface area contributed by atoms with E-state index in [1.54, 1.807) is 13.3 Å². The van der Waals surface area contributed by atoms with Crippen LogP contribution in [0.3, 0.4) is 0 Å². The summed E-state index contributed by atoms with van der Waals surface area (Å²) in [6.07, 6.45) is 4.20. The van der Waals surface area contributed by atoms with Crippen LogP contribution >= 0.6 is 0 Å². The molecule has 0 amide bonds. The lowest BCUT2D eigenvalue weighted by Gasteiger charge is -2.31. The molecule has 6 nitrogen and oxygen atoms in total. The van der Waals surface area contributed by atoms with E-state index in [1.807, 2.05) is 29.8 Å². The standard InChI is InChI=1S/C14H19N5O/c1-18-13(12-5-3-4-8-15-12)16-17-14(18)19-9-6-11(20-2)7-10-19/h3-5,8,11H,6-7,9-10H2,1-2H3. The van der Waals surface area contributed by atoms with Gasteiger partial charge in [0.05, 0.1) is 6.10 Å². The second-order valence-corrected chi connectivity index (χ2v) is 5.02. The summed E-state index contributed by atoms with van der Waals surface area (Å²) in [6, 6.07) is 5.81. The molecule has 1 aliphatic rings. The van der Waals surface area contributed by atoms with Crippen molar-refractivity contribution in [2.75, 3.05) is 25.1 Å². The van der Waals surface area contributed by atoms with Gasteiger partial charge in [-0.2, -0.15) is 0 Å². The van der Waals surface area contributed by atoms with Crippen molar-refractivity contribution in [3.05, 3.63) is 24.4 Å². The molecular formula is C14H19N5O. The van der Waals surface area contributed by atoms with Crippen molar-refractivity contribution in [2.24, 2.45) is 7.05 Å². The van der Waals surface area contributed by atoms with Crippen LogP contribution in [0, 0.1) is 0 Å². The fourth-order valence-electron chi connectivity index (χ4n) is 2.61. The lowest BCUT2D eigenvalue weighted by atomic mass is 10.1. The second-order valence-electron chi connectivity index (χ2n) is 5.02. The number of anilines is 1. The first-order chi connectivity index (χ1) is 9.79. The van der Waals surface area contributed by atoms with Gasteiger partial charge in [-0.1, -0.05) is 6.07 Å². The molecule has 0 aliphatic carbocycles. The Labute approximate surface area is 118 Å². The molecule has 6 heteroatoms. The van der Waals surface area contributed by atoms with Gasteiger partial charge in [-0.25, -0.2) is 0 Å². The van der Waals surface area contributed by atoms with E-state index in [4.69, 9.17) is 4.74 Å². The number of hydrogen-bond donors (Lipinski definition) is 0. The molecule has 3 heterocycles. The van der Waals surface area contributed by atoms with Crippen molar-refractivity contribution in [3.63, 3.8) is 0 Å². The van der Waals surface area contributed by atoms with Gasteiger partial charge < -0.3 is 9.64 Å². The maximum absolute atomic E-state index is 5.40. The number of ether oxygens (including phenoxy) is 1. The van der Waals surface area contributed by atoms with Crippen molar-refractivity contribution in [1.29, 1.82) is 0 Å². The summed E-state index contributed by atoms with van der Waals surface area (Å²) in [5, 5.41) is 8.60. The van der Waals surface area contributed by atoms with E-state index in [0.717, 1.165) is 43.4 Å². The number of piperidine rings is 1. The Kier molecular flexibility index (Phi) is 3.64. The molecule has 0 radical (unpaired) electrons. The van der Waals surface area contributed by atoms with Gasteiger partial charge >= 0.3 is 0 Å². The van der Waals surface area contributed by atoms with Crippen molar-refractivity contribution in [1.82, 2.24) is 19.7 Å². The molecule has 0 bridgehead atoms. The predicted octanol–water partition coefficient (Wildman–Crippen LogP) is 1.49. The normalized spacial score (nSPS) is 16.6. The Hall–Kier alpha value is -1.95. The van der Waals surface area contributed by atoms with Gasteiger partial charge in [-0.3, -0.25) is 9.55 Å². The van der Waals surface area contributed by atoms with Gasteiger partial charge in [-0.15, -0.1) is 10.2 Å². The zero-order valence-corrected chi connectivity index (χ0v) is 11.9. The highest BCUT2D eigenvalue weighted by Crippen LogP contribution is 2.22. The molecule has 0 spiro atoms. The maximum Gasteiger partial charge on any atom is 0.227 e. The van der Waals surface area contributed by atoms with Gasteiger partial charge in [0.25, 0.3) is 0 Å². The highest BCUT2D eigenvalue weighted by atomic mass is 16.5. The number of hydrogen-bond acceptors (Lipinski definition) is 5. The smallest absolute Gasteiger partial charge is 0.227 e. The molecule has 1 saturated heterocycles. The summed E-state index contributed by atoms with van der Waals surface area (Å²) < 4.78 is 7.41. The van der Waals surface area contributed by atoms with Crippen LogP contribution < -0.4 is 4.90 Å². The van der Waals surface area contributed by atoms with Crippen LogP contribution in [0.1, 0.15) is 12.8 Å². The molecular weight excluding hydrogens is 254 g/mol. The number of rotatable bonds is 3. The molecule has 0 saturated carbocycles. The number of methoxy groups -OCH3 is 1. The molecule has 1 fully saturated rings. The molecule has 0 N–H and O–H groups in total. The van der Waals surface area contributed by atoms with Gasteiger partial charge in [0.15, 0.2) is 5.82 Å². The summed E-state index contributed by atoms with van der Waals surface area (Å²) in [7, 11) is 3.77. The van der Waals surface area contributed by atoms with E-state index in [1.165, 1.54) is 0 Å². The number of pyridine rings is 1. The SMILES string of the molecule is COC1CCN(c2nnc(-c3ccccn3)n2C)CC1. The first kappa shape index (κ1) is 13.1. The molecule has 2 aromatic heterocycles. The molecule has 106 valence electrons. The Balaban J connectivity index is 1.81. The first-order valence-electron chi connectivity index (χ1n) is 6.88. The van der Waals surface area contributed by atoms with E-state index in [9.17, 15) is 0 Å². The zero-order valence-electron chi connectivity index (χ0n) is 11.9. The molecule has 0 unspecified atom stereocenters. The van der Waals surface area contributed by atoms with Crippen molar-refractivity contribution < 1.29 is 4.74 Å². The number of aromatic nitrogens is 4. The van der Waals surface area contributed by atoms with Gasteiger partial charge in [0, 0.05) is 33.4 Å². The predicted molar refractivity (Wildman–Crippen MR) is 76.5 cm³/mol. The third-order valence-electron chi connectivity index (χ3n) is 3.80. The van der Waals surface area contributed by atoms with Crippen LogP contribution in [-0.4, -0.2) is 46.1 Å². The molecule has 0 atom stereocenters. The average Bonchev–Trinajstić information content (AvgIpc) is 2.90. The van der Waals surface area contributed by atoms with Crippen molar-refractivity contribution in [3.8, 4) is 11.5 Å². The first-order valence-corrected chi connectivity index (χ1v) is 6.88. The molecule has 0 aromatic carbocycles. The van der Waals surface area contributed by atoms with Gasteiger partial charge in [0.2, 0.25) is 5.95 Å². The van der Waals surface area contributed by atoms with Crippen LogP contribution in [0.2, 0.25) is 0 Å². The molecule has 20 heavy (non-hydrogen) atoms. The maximum atomic E-state index is 5.40. The van der Waals surface area contributed by atoms with Crippen LogP contribution in [0.15, 0.2) is 24.4 Å². The average molecular weight is 273 g/mol. The number of nitrogens with zero attached hydrogens (tertiary/aromatic N) is 5. The van der Waals surface area contributed by atoms with E-state index in [0.29, 0.717) is 6.10 Å². The minimum atomic E-state index is 0.370. The summed E-state index contributed by atoms with van der Waals surface area (Å²) in [6.45, 7) is 1.90. The third kappa shape index (κ3) is 2.38. The van der Waals surface area contributed by atoms with E-state index in [-0.39, 0.29) is 0 Å². The Morgan fingerprint density at radius 2 is 2.00 bits per heavy atom. The van der Waals surface area contributed by atoms with Gasteiger partial charge in [0.1, 0.15) is 5.69 Å². The van der Waals surface area contributed by atoms with Crippen LogP contribution in [0.25, 0.3) is 11.5 Å². The largest absolute Gasteiger partial charge is 0.381 e. The minimum absolute atomic E-state index is 0.370. The topological polar surface area (TPSA) is 56.1 Å². The zero-order chi connectivity index (χ0) is 13.9. The van der Waals surface area contributed by atoms with E-state index in [2.05, 4.69) is 20.1 Å². The Morgan fingerprint density at radius 3 is 2.65 bits per heavy atom. The van der Waals surface area contributed by atoms with Gasteiger partial charge in [-0.05, 0) is 25.0 Å². The fourth-order valence-corrected chi connectivity index (χ4v) is 2.61. The molecule has 3 rings (SSSR count).